The molecule has 34 heavy (non-hydrogen) atoms. The van der Waals surface area contributed by atoms with Crippen molar-refractivity contribution in [3.63, 3.8) is 0 Å². The number of piperidine rings is 1. The number of β-amino-alcohol motifs (C(OH)–C–C–N with tert-alkyl or cyclic N) is 1. The lowest BCUT2D eigenvalue weighted by molar-refractivity contribution is 0.000850. The third kappa shape index (κ3) is 6.73. The normalized spacial score (nSPS) is 22.1. The van der Waals surface area contributed by atoms with E-state index in [1.165, 1.54) is 5.56 Å². The van der Waals surface area contributed by atoms with E-state index in [0.717, 1.165) is 38.1 Å². The molecule has 4 rings (SSSR count). The zero-order valence-corrected chi connectivity index (χ0v) is 20.6. The molecule has 1 aliphatic carbocycles. The first kappa shape index (κ1) is 24.6. The van der Waals surface area contributed by atoms with E-state index >= 15 is 0 Å². The van der Waals surface area contributed by atoms with Crippen LogP contribution < -0.4 is 4.74 Å². The van der Waals surface area contributed by atoms with Crippen LogP contribution in [0.25, 0.3) is 0 Å². The van der Waals surface area contributed by atoms with E-state index in [9.17, 15) is 9.90 Å². The number of rotatable bonds is 8. The molecule has 0 spiro atoms. The van der Waals surface area contributed by atoms with Crippen molar-refractivity contribution in [3.8, 4) is 5.75 Å². The maximum Gasteiger partial charge on any atom is 0.410 e. The zero-order chi connectivity index (χ0) is 24.1. The third-order valence-corrected chi connectivity index (χ3v) is 6.55. The minimum atomic E-state index is -0.551. The van der Waals surface area contributed by atoms with Crippen LogP contribution in [-0.4, -0.2) is 71.0 Å². The summed E-state index contributed by atoms with van der Waals surface area (Å²) in [5.74, 6) is 1.15. The third-order valence-electron chi connectivity index (χ3n) is 6.55. The summed E-state index contributed by atoms with van der Waals surface area (Å²) < 4.78 is 11.5. The van der Waals surface area contributed by atoms with Crippen molar-refractivity contribution < 1.29 is 19.4 Å². The summed E-state index contributed by atoms with van der Waals surface area (Å²) in [4.78, 5) is 17.5. The molecule has 0 aromatic heterocycles. The Morgan fingerprint density at radius 2 is 1.68 bits per heavy atom. The lowest BCUT2D eigenvalue weighted by Gasteiger charge is -2.40. The van der Waals surface area contributed by atoms with Gasteiger partial charge in [0.15, 0.2) is 0 Å². The summed E-state index contributed by atoms with van der Waals surface area (Å²) in [5, 5.41) is 10.5. The predicted molar refractivity (Wildman–Crippen MR) is 133 cm³/mol. The zero-order valence-electron chi connectivity index (χ0n) is 20.6. The Balaban J connectivity index is 1.32. The molecule has 2 aromatic carbocycles. The van der Waals surface area contributed by atoms with Gasteiger partial charge in [0, 0.05) is 37.6 Å². The number of ether oxygens (including phenoxy) is 2. The molecule has 1 saturated heterocycles. The van der Waals surface area contributed by atoms with E-state index in [-0.39, 0.29) is 24.8 Å². The van der Waals surface area contributed by atoms with Crippen molar-refractivity contribution in [2.24, 2.45) is 0 Å². The monoisotopic (exact) mass is 466 g/mol. The van der Waals surface area contributed by atoms with Crippen LogP contribution in [0.1, 0.15) is 51.5 Å². The number of hydrogen-bond donors (Lipinski definition) is 1. The molecular weight excluding hydrogens is 428 g/mol. The summed E-state index contributed by atoms with van der Waals surface area (Å²) in [6.07, 6.45) is 1.99. The number of carbonyl (C=O) groups is 1. The number of nitrogens with zero attached hydrogens (tertiary/aromatic N) is 2. The van der Waals surface area contributed by atoms with E-state index in [2.05, 4.69) is 29.2 Å². The number of amides is 1. The molecule has 1 amide bonds. The molecular formula is C28H38N2O4. The van der Waals surface area contributed by atoms with Gasteiger partial charge in [-0.1, -0.05) is 48.5 Å². The number of likely N-dealkylation sites (tertiary alicyclic amines) is 1. The lowest BCUT2D eigenvalue weighted by atomic mass is 10.0. The maximum atomic E-state index is 13.2. The second-order valence-electron chi connectivity index (χ2n) is 10.5. The van der Waals surface area contributed by atoms with Crippen LogP contribution in [0, 0.1) is 0 Å². The molecule has 6 nitrogen and oxygen atoms in total. The standard InChI is InChI=1S/C28H38N2O4/c1-28(2,3)34-27(32)30(26-18-25(26)21-10-6-4-7-11-21)22-14-16-29(17-15-22)19-23(31)20-33-24-12-8-5-9-13-24/h4-13,22-23,25-26,31H,14-20H2,1-3H3/t23?,25-,26+/m0/s1. The lowest BCUT2D eigenvalue weighted by Crippen LogP contribution is -2.51. The summed E-state index contributed by atoms with van der Waals surface area (Å²) in [5.41, 5.74) is 0.774. The van der Waals surface area contributed by atoms with Gasteiger partial charge in [-0.25, -0.2) is 4.79 Å². The molecule has 1 N–H and O–H groups in total. The highest BCUT2D eigenvalue weighted by molar-refractivity contribution is 5.70. The SMILES string of the molecule is CC(C)(C)OC(=O)N(C1CCN(CC(O)COc2ccccc2)CC1)[C@@H]1C[C@H]1c1ccccc1. The second kappa shape index (κ2) is 10.8. The van der Waals surface area contributed by atoms with E-state index in [4.69, 9.17) is 9.47 Å². The fourth-order valence-corrected chi connectivity index (χ4v) is 4.86. The first-order valence-electron chi connectivity index (χ1n) is 12.4. The predicted octanol–water partition coefficient (Wildman–Crippen LogP) is 4.68. The maximum absolute atomic E-state index is 13.2. The van der Waals surface area contributed by atoms with Crippen LogP contribution in [0.3, 0.4) is 0 Å². The summed E-state index contributed by atoms with van der Waals surface area (Å²) in [6.45, 7) is 8.30. The molecule has 1 unspecified atom stereocenters. The van der Waals surface area contributed by atoms with Crippen molar-refractivity contribution in [2.45, 2.75) is 69.7 Å². The van der Waals surface area contributed by atoms with Crippen LogP contribution in [0.5, 0.6) is 5.75 Å². The molecule has 0 radical (unpaired) electrons. The Morgan fingerprint density at radius 1 is 1.06 bits per heavy atom. The second-order valence-corrected chi connectivity index (χ2v) is 10.5. The van der Waals surface area contributed by atoms with Gasteiger partial charge in [-0.15, -0.1) is 0 Å². The highest BCUT2D eigenvalue weighted by Gasteiger charge is 2.48. The minimum Gasteiger partial charge on any atom is -0.491 e. The molecule has 2 aromatic rings. The highest BCUT2D eigenvalue weighted by atomic mass is 16.6. The Bertz CT molecular complexity index is 907. The first-order chi connectivity index (χ1) is 16.3. The van der Waals surface area contributed by atoms with Gasteiger partial charge < -0.3 is 24.4 Å². The van der Waals surface area contributed by atoms with Crippen LogP contribution in [-0.2, 0) is 4.74 Å². The fraction of sp³-hybridized carbons (Fsp3) is 0.536. The first-order valence-corrected chi connectivity index (χ1v) is 12.4. The van der Waals surface area contributed by atoms with Gasteiger partial charge >= 0.3 is 6.09 Å². The Kier molecular flexibility index (Phi) is 7.79. The topological polar surface area (TPSA) is 62.2 Å². The Morgan fingerprint density at radius 3 is 2.29 bits per heavy atom. The average Bonchev–Trinajstić information content (AvgIpc) is 3.59. The number of aliphatic hydroxyl groups is 1. The average molecular weight is 467 g/mol. The van der Waals surface area contributed by atoms with Gasteiger partial charge in [-0.05, 0) is 57.7 Å². The van der Waals surface area contributed by atoms with Crippen molar-refractivity contribution in [3.05, 3.63) is 66.2 Å². The Hall–Kier alpha value is -2.57. The van der Waals surface area contributed by atoms with Gasteiger partial charge in [-0.3, -0.25) is 0 Å². The number of carbonyl (C=O) groups excluding carboxylic acids is 1. The van der Waals surface area contributed by atoms with Crippen molar-refractivity contribution in [1.82, 2.24) is 9.80 Å². The van der Waals surface area contributed by atoms with Crippen molar-refractivity contribution in [1.29, 1.82) is 0 Å². The van der Waals surface area contributed by atoms with E-state index in [0.29, 0.717) is 12.5 Å². The molecule has 1 saturated carbocycles. The van der Waals surface area contributed by atoms with Gasteiger partial charge in [0.05, 0.1) is 0 Å². The smallest absolute Gasteiger partial charge is 0.410 e. The summed E-state index contributed by atoms with van der Waals surface area (Å²) in [7, 11) is 0. The van der Waals surface area contributed by atoms with Gasteiger partial charge in [0.1, 0.15) is 24.1 Å². The number of para-hydroxylation sites is 1. The van der Waals surface area contributed by atoms with Crippen LogP contribution in [0.4, 0.5) is 4.79 Å². The molecule has 2 fully saturated rings. The van der Waals surface area contributed by atoms with E-state index in [1.807, 2.05) is 62.1 Å². The van der Waals surface area contributed by atoms with Crippen molar-refractivity contribution >= 4 is 6.09 Å². The summed E-state index contributed by atoms with van der Waals surface area (Å²) >= 11 is 0. The molecule has 184 valence electrons. The van der Waals surface area contributed by atoms with Crippen molar-refractivity contribution in [2.75, 3.05) is 26.2 Å². The molecule has 1 aliphatic heterocycles. The number of aliphatic hydroxyl groups excluding tert-OH is 1. The largest absolute Gasteiger partial charge is 0.491 e. The quantitative estimate of drug-likeness (QED) is 0.612. The molecule has 3 atom stereocenters. The fourth-order valence-electron chi connectivity index (χ4n) is 4.86. The molecule has 1 heterocycles. The van der Waals surface area contributed by atoms with Crippen LogP contribution in [0.15, 0.2) is 60.7 Å². The van der Waals surface area contributed by atoms with Gasteiger partial charge in [-0.2, -0.15) is 0 Å². The number of benzene rings is 2. The molecule has 0 bridgehead atoms. The molecule has 6 heteroatoms. The summed E-state index contributed by atoms with van der Waals surface area (Å²) in [6, 6.07) is 20.4. The van der Waals surface area contributed by atoms with Gasteiger partial charge in [0.25, 0.3) is 0 Å². The van der Waals surface area contributed by atoms with Crippen LogP contribution >= 0.6 is 0 Å². The number of hydrogen-bond acceptors (Lipinski definition) is 5. The van der Waals surface area contributed by atoms with Gasteiger partial charge in [0.2, 0.25) is 0 Å². The van der Waals surface area contributed by atoms with E-state index in [1.54, 1.807) is 0 Å². The minimum absolute atomic E-state index is 0.155. The van der Waals surface area contributed by atoms with Crippen LogP contribution in [0.2, 0.25) is 0 Å². The Labute approximate surface area is 203 Å². The molecule has 2 aliphatic rings. The van der Waals surface area contributed by atoms with E-state index < -0.39 is 11.7 Å². The highest BCUT2D eigenvalue weighted by Crippen LogP contribution is 2.46.